The molecule has 0 unspecified atom stereocenters. The Kier molecular flexibility index (Phi) is 5.26. The van der Waals surface area contributed by atoms with E-state index in [4.69, 9.17) is 18.6 Å². The van der Waals surface area contributed by atoms with Crippen molar-refractivity contribution < 1.29 is 23.4 Å². The summed E-state index contributed by atoms with van der Waals surface area (Å²) in [6.07, 6.45) is 0. The molecule has 1 N–H and O–H groups in total. The van der Waals surface area contributed by atoms with E-state index in [1.807, 2.05) is 18.2 Å². The summed E-state index contributed by atoms with van der Waals surface area (Å²) in [5, 5.41) is 2.87. The van der Waals surface area contributed by atoms with Crippen molar-refractivity contribution in [3.63, 3.8) is 0 Å². The van der Waals surface area contributed by atoms with Gasteiger partial charge in [0.2, 0.25) is 11.6 Å². The molecule has 0 aliphatic rings. The fourth-order valence-electron chi connectivity index (χ4n) is 3.13. The van der Waals surface area contributed by atoms with Gasteiger partial charge in [-0.25, -0.2) is 4.98 Å². The summed E-state index contributed by atoms with van der Waals surface area (Å²) >= 11 is 0. The number of anilines is 1. The summed E-state index contributed by atoms with van der Waals surface area (Å²) in [5.41, 5.74) is 3.09. The molecule has 0 saturated carbocycles. The number of hydrogen-bond donors (Lipinski definition) is 1. The molecule has 30 heavy (non-hydrogen) atoms. The van der Waals surface area contributed by atoms with Gasteiger partial charge in [-0.05, 0) is 42.5 Å². The first-order chi connectivity index (χ1) is 14.6. The lowest BCUT2D eigenvalue weighted by Gasteiger charge is -2.12. The topological polar surface area (TPSA) is 82.8 Å². The van der Waals surface area contributed by atoms with Crippen LogP contribution in [0.1, 0.15) is 10.4 Å². The van der Waals surface area contributed by atoms with Crippen LogP contribution in [0.5, 0.6) is 17.2 Å². The summed E-state index contributed by atoms with van der Waals surface area (Å²) in [4.78, 5) is 16.9. The van der Waals surface area contributed by atoms with Gasteiger partial charge in [0.05, 0.1) is 21.3 Å². The van der Waals surface area contributed by atoms with E-state index in [9.17, 15) is 4.79 Å². The van der Waals surface area contributed by atoms with Gasteiger partial charge in [-0.2, -0.15) is 0 Å². The summed E-state index contributed by atoms with van der Waals surface area (Å²) in [6.45, 7) is 0. The fraction of sp³-hybridized carbons (Fsp3) is 0.130. The third kappa shape index (κ3) is 3.65. The van der Waals surface area contributed by atoms with Gasteiger partial charge < -0.3 is 23.9 Å². The second kappa shape index (κ2) is 8.16. The Morgan fingerprint density at radius 1 is 0.900 bits per heavy atom. The monoisotopic (exact) mass is 404 g/mol. The molecule has 1 aromatic heterocycles. The van der Waals surface area contributed by atoms with Crippen molar-refractivity contribution in [3.8, 4) is 28.7 Å². The van der Waals surface area contributed by atoms with Crippen LogP contribution in [-0.4, -0.2) is 32.2 Å². The lowest BCUT2D eigenvalue weighted by atomic mass is 10.2. The zero-order valence-corrected chi connectivity index (χ0v) is 16.8. The molecule has 4 rings (SSSR count). The van der Waals surface area contributed by atoms with Crippen LogP contribution < -0.4 is 19.5 Å². The first kappa shape index (κ1) is 19.3. The van der Waals surface area contributed by atoms with Crippen LogP contribution in [0.25, 0.3) is 22.6 Å². The Hall–Kier alpha value is -4.00. The summed E-state index contributed by atoms with van der Waals surface area (Å²) in [6, 6.07) is 17.9. The van der Waals surface area contributed by atoms with Crippen molar-refractivity contribution in [1.29, 1.82) is 0 Å². The van der Waals surface area contributed by atoms with Gasteiger partial charge in [-0.1, -0.05) is 18.2 Å². The number of nitrogens with zero attached hydrogens (tertiary/aromatic N) is 1. The number of hydrogen-bond acceptors (Lipinski definition) is 6. The predicted molar refractivity (Wildman–Crippen MR) is 113 cm³/mol. The highest BCUT2D eigenvalue weighted by molar-refractivity contribution is 6.04. The summed E-state index contributed by atoms with van der Waals surface area (Å²) in [5.74, 6) is 1.71. The lowest BCUT2D eigenvalue weighted by Crippen LogP contribution is -2.11. The molecule has 0 atom stereocenters. The van der Waals surface area contributed by atoms with Crippen molar-refractivity contribution in [3.05, 3.63) is 66.2 Å². The molecular weight excluding hydrogens is 384 g/mol. The van der Waals surface area contributed by atoms with Gasteiger partial charge >= 0.3 is 0 Å². The number of ether oxygens (including phenoxy) is 3. The van der Waals surface area contributed by atoms with E-state index >= 15 is 0 Å². The third-order valence-corrected chi connectivity index (χ3v) is 4.59. The standard InChI is InChI=1S/C23H20N2O5/c1-27-19-11-15(12-20(28-2)21(19)29-3)23-25-17-13-16(9-10-18(17)30-23)24-22(26)14-7-5-4-6-8-14/h4-13H,1-3H3,(H,24,26). The molecule has 0 saturated heterocycles. The second-order valence-corrected chi connectivity index (χ2v) is 6.44. The Balaban J connectivity index is 1.67. The molecule has 4 aromatic rings. The van der Waals surface area contributed by atoms with Gasteiger partial charge in [-0.15, -0.1) is 0 Å². The van der Waals surface area contributed by atoms with Crippen LogP contribution in [0.2, 0.25) is 0 Å². The number of nitrogens with one attached hydrogen (secondary N) is 1. The molecule has 7 nitrogen and oxygen atoms in total. The predicted octanol–water partition coefficient (Wildman–Crippen LogP) is 4.77. The van der Waals surface area contributed by atoms with Crippen molar-refractivity contribution in [2.24, 2.45) is 0 Å². The molecule has 3 aromatic carbocycles. The molecule has 0 aliphatic carbocycles. The van der Waals surface area contributed by atoms with Crippen molar-refractivity contribution in [2.75, 3.05) is 26.6 Å². The van der Waals surface area contributed by atoms with Crippen LogP contribution >= 0.6 is 0 Å². The number of rotatable bonds is 6. The fourth-order valence-corrected chi connectivity index (χ4v) is 3.13. The molecule has 0 bridgehead atoms. The minimum absolute atomic E-state index is 0.191. The maximum Gasteiger partial charge on any atom is 0.255 e. The highest BCUT2D eigenvalue weighted by Gasteiger charge is 2.17. The molecule has 7 heteroatoms. The van der Waals surface area contributed by atoms with Crippen molar-refractivity contribution >= 4 is 22.7 Å². The number of oxazole rings is 1. The number of fused-ring (bicyclic) bond motifs is 1. The van der Waals surface area contributed by atoms with Gasteiger partial charge in [0.25, 0.3) is 5.91 Å². The van der Waals surface area contributed by atoms with Crippen LogP contribution in [0, 0.1) is 0 Å². The third-order valence-electron chi connectivity index (χ3n) is 4.59. The number of carbonyl (C=O) groups excluding carboxylic acids is 1. The van der Waals surface area contributed by atoms with Gasteiger partial charge in [0, 0.05) is 16.8 Å². The Bertz CT molecular complexity index is 1180. The second-order valence-electron chi connectivity index (χ2n) is 6.44. The number of amides is 1. The average molecular weight is 404 g/mol. The van der Waals surface area contributed by atoms with Crippen molar-refractivity contribution in [1.82, 2.24) is 4.98 Å². The number of methoxy groups -OCH3 is 3. The Morgan fingerprint density at radius 3 is 2.23 bits per heavy atom. The van der Waals surface area contributed by atoms with E-state index in [1.54, 1.807) is 63.8 Å². The van der Waals surface area contributed by atoms with E-state index < -0.39 is 0 Å². The molecule has 152 valence electrons. The van der Waals surface area contributed by atoms with Crippen LogP contribution in [0.4, 0.5) is 5.69 Å². The summed E-state index contributed by atoms with van der Waals surface area (Å²) < 4.78 is 22.0. The number of benzene rings is 3. The summed E-state index contributed by atoms with van der Waals surface area (Å²) in [7, 11) is 4.65. The van der Waals surface area contributed by atoms with E-state index in [-0.39, 0.29) is 5.91 Å². The maximum absolute atomic E-state index is 12.4. The quantitative estimate of drug-likeness (QED) is 0.498. The Morgan fingerprint density at radius 2 is 1.60 bits per heavy atom. The molecular formula is C23H20N2O5. The zero-order valence-electron chi connectivity index (χ0n) is 16.8. The van der Waals surface area contributed by atoms with E-state index in [2.05, 4.69) is 10.3 Å². The first-order valence-electron chi connectivity index (χ1n) is 9.20. The van der Waals surface area contributed by atoms with Crippen molar-refractivity contribution in [2.45, 2.75) is 0 Å². The minimum atomic E-state index is -0.191. The maximum atomic E-state index is 12.4. The average Bonchev–Trinajstić information content (AvgIpc) is 3.22. The molecule has 0 fully saturated rings. The Labute approximate surface area is 173 Å². The number of aromatic nitrogens is 1. The van der Waals surface area contributed by atoms with Gasteiger partial charge in [0.15, 0.2) is 17.1 Å². The highest BCUT2D eigenvalue weighted by Crippen LogP contribution is 2.41. The van der Waals surface area contributed by atoms with Crippen LogP contribution in [0.3, 0.4) is 0 Å². The molecule has 1 amide bonds. The van der Waals surface area contributed by atoms with E-state index in [1.165, 1.54) is 0 Å². The normalized spacial score (nSPS) is 10.6. The first-order valence-corrected chi connectivity index (χ1v) is 9.20. The SMILES string of the molecule is COc1cc(-c2nc3cc(NC(=O)c4ccccc4)ccc3o2)cc(OC)c1OC. The minimum Gasteiger partial charge on any atom is -0.493 e. The lowest BCUT2D eigenvalue weighted by molar-refractivity contribution is 0.102. The molecule has 0 radical (unpaired) electrons. The molecule has 1 heterocycles. The van der Waals surface area contributed by atoms with E-state index in [0.717, 1.165) is 0 Å². The van der Waals surface area contributed by atoms with Gasteiger partial charge in [-0.3, -0.25) is 4.79 Å². The highest BCUT2D eigenvalue weighted by atomic mass is 16.5. The van der Waals surface area contributed by atoms with Gasteiger partial charge in [0.1, 0.15) is 5.52 Å². The van der Waals surface area contributed by atoms with Crippen LogP contribution in [-0.2, 0) is 0 Å². The van der Waals surface area contributed by atoms with E-state index in [0.29, 0.717) is 51.1 Å². The molecule has 0 aliphatic heterocycles. The number of carbonyl (C=O) groups is 1. The zero-order chi connectivity index (χ0) is 21.1. The smallest absolute Gasteiger partial charge is 0.255 e. The largest absolute Gasteiger partial charge is 0.493 e. The van der Waals surface area contributed by atoms with Crippen LogP contribution in [0.15, 0.2) is 65.1 Å². The molecule has 0 spiro atoms.